The van der Waals surface area contributed by atoms with E-state index >= 15 is 0 Å². The zero-order valence-electron chi connectivity index (χ0n) is 22.9. The van der Waals surface area contributed by atoms with Crippen LogP contribution in [0.3, 0.4) is 0 Å². The number of carbonyl (C=O) groups excluding carboxylic acids is 3. The Labute approximate surface area is 225 Å². The summed E-state index contributed by atoms with van der Waals surface area (Å²) in [5.41, 5.74) is 1.17. The Morgan fingerprint density at radius 2 is 1.55 bits per heavy atom. The fourth-order valence-electron chi connectivity index (χ4n) is 4.13. The third-order valence-electron chi connectivity index (χ3n) is 6.20. The maximum atomic E-state index is 13.4. The summed E-state index contributed by atoms with van der Waals surface area (Å²) in [7, 11) is 1.59. The fourth-order valence-corrected chi connectivity index (χ4v) is 4.13. The minimum atomic E-state index is -0.705. The van der Waals surface area contributed by atoms with Gasteiger partial charge in [0, 0.05) is 37.1 Å². The van der Waals surface area contributed by atoms with Gasteiger partial charge in [0.2, 0.25) is 5.91 Å². The lowest BCUT2D eigenvalue weighted by Gasteiger charge is -2.24. The van der Waals surface area contributed by atoms with Crippen LogP contribution in [-0.2, 0) is 4.79 Å². The Morgan fingerprint density at radius 1 is 0.895 bits per heavy atom. The van der Waals surface area contributed by atoms with Gasteiger partial charge < -0.3 is 24.8 Å². The van der Waals surface area contributed by atoms with Gasteiger partial charge in [-0.2, -0.15) is 0 Å². The maximum absolute atomic E-state index is 13.4. The van der Waals surface area contributed by atoms with Crippen LogP contribution in [0.4, 0.5) is 0 Å². The molecule has 1 aliphatic heterocycles. The van der Waals surface area contributed by atoms with E-state index in [4.69, 9.17) is 14.2 Å². The van der Waals surface area contributed by atoms with Gasteiger partial charge >= 0.3 is 0 Å². The first-order valence-corrected chi connectivity index (χ1v) is 13.3. The van der Waals surface area contributed by atoms with Crippen LogP contribution in [-0.4, -0.2) is 56.9 Å². The Kier molecular flexibility index (Phi) is 10.7. The summed E-state index contributed by atoms with van der Waals surface area (Å²) in [6.07, 6.45) is 2.81. The largest absolute Gasteiger partial charge is 0.497 e. The molecule has 2 aromatic carbocycles. The number of nitrogens with one attached hydrogen (secondary N) is 2. The molecule has 206 valence electrons. The maximum Gasteiger partial charge on any atom is 0.220 e. The van der Waals surface area contributed by atoms with Gasteiger partial charge in [0.15, 0.2) is 23.1 Å². The average Bonchev–Trinajstić information content (AvgIpc) is 2.91. The van der Waals surface area contributed by atoms with E-state index < -0.39 is 6.04 Å². The van der Waals surface area contributed by atoms with Gasteiger partial charge in [-0.05, 0) is 60.7 Å². The van der Waals surface area contributed by atoms with E-state index in [0.717, 1.165) is 6.42 Å². The van der Waals surface area contributed by atoms with Gasteiger partial charge in [-0.15, -0.1) is 0 Å². The van der Waals surface area contributed by atoms with Crippen LogP contribution in [0.2, 0.25) is 0 Å². The molecule has 2 aromatic rings. The van der Waals surface area contributed by atoms with Crippen molar-refractivity contribution in [1.29, 1.82) is 0 Å². The van der Waals surface area contributed by atoms with Crippen molar-refractivity contribution in [2.24, 2.45) is 5.41 Å². The molecule has 8 heteroatoms. The van der Waals surface area contributed by atoms with Crippen LogP contribution < -0.4 is 24.8 Å². The van der Waals surface area contributed by atoms with Gasteiger partial charge in [-0.25, -0.2) is 0 Å². The van der Waals surface area contributed by atoms with Crippen molar-refractivity contribution in [1.82, 2.24) is 10.6 Å². The van der Waals surface area contributed by atoms with Crippen LogP contribution in [0.15, 0.2) is 42.5 Å². The Bertz CT molecular complexity index is 1090. The Balaban J connectivity index is 1.49. The first-order valence-electron chi connectivity index (χ1n) is 13.3. The second-order valence-electron chi connectivity index (χ2n) is 10.7. The van der Waals surface area contributed by atoms with E-state index in [1.165, 1.54) is 0 Å². The molecule has 1 atom stereocenters. The third-order valence-corrected chi connectivity index (χ3v) is 6.20. The molecule has 0 unspecified atom stereocenters. The topological polar surface area (TPSA) is 103 Å². The van der Waals surface area contributed by atoms with Crippen molar-refractivity contribution in [2.75, 3.05) is 33.4 Å². The van der Waals surface area contributed by atoms with E-state index in [2.05, 4.69) is 31.4 Å². The van der Waals surface area contributed by atoms with Crippen molar-refractivity contribution >= 4 is 17.5 Å². The standard InChI is InChI=1S/C30H40N2O6/c1-30(2,3)20-31-19-24(29(35)22-12-15-26-27(18-22)38-17-16-37-26)32-28(34)9-7-5-6-8-25(33)21-10-13-23(36-4)14-11-21/h10-15,18,24,31H,5-9,16-17,19-20H2,1-4H3,(H,32,34)/t24-/m1/s1. The monoisotopic (exact) mass is 524 g/mol. The number of carbonyl (C=O) groups is 3. The highest BCUT2D eigenvalue weighted by molar-refractivity contribution is 6.02. The smallest absolute Gasteiger partial charge is 0.220 e. The number of methoxy groups -OCH3 is 1. The molecule has 0 saturated carbocycles. The van der Waals surface area contributed by atoms with Gasteiger partial charge in [0.25, 0.3) is 0 Å². The highest BCUT2D eigenvalue weighted by Crippen LogP contribution is 2.31. The lowest BCUT2D eigenvalue weighted by molar-refractivity contribution is -0.121. The predicted molar refractivity (Wildman–Crippen MR) is 146 cm³/mol. The number of ketones is 2. The zero-order chi connectivity index (χ0) is 27.5. The highest BCUT2D eigenvalue weighted by Gasteiger charge is 2.24. The molecule has 1 aliphatic rings. The van der Waals surface area contributed by atoms with Gasteiger partial charge in [-0.3, -0.25) is 14.4 Å². The van der Waals surface area contributed by atoms with E-state index in [0.29, 0.717) is 80.4 Å². The molecule has 0 aromatic heterocycles. The molecule has 0 radical (unpaired) electrons. The first-order chi connectivity index (χ1) is 18.2. The first kappa shape index (κ1) is 29.2. The lowest BCUT2D eigenvalue weighted by atomic mass is 9.96. The summed E-state index contributed by atoms with van der Waals surface area (Å²) in [4.78, 5) is 38.5. The number of benzene rings is 2. The number of ether oxygens (including phenoxy) is 3. The third kappa shape index (κ3) is 9.17. The molecule has 1 heterocycles. The van der Waals surface area contributed by atoms with Crippen molar-refractivity contribution < 1.29 is 28.6 Å². The summed E-state index contributed by atoms with van der Waals surface area (Å²) in [6, 6.07) is 11.5. The molecule has 1 amide bonds. The molecule has 0 saturated heterocycles. The van der Waals surface area contributed by atoms with Crippen LogP contribution >= 0.6 is 0 Å². The molecule has 38 heavy (non-hydrogen) atoms. The summed E-state index contributed by atoms with van der Waals surface area (Å²) in [5.74, 6) is 1.59. The average molecular weight is 525 g/mol. The summed E-state index contributed by atoms with van der Waals surface area (Å²) >= 11 is 0. The van der Waals surface area contributed by atoms with Crippen molar-refractivity contribution in [2.45, 2.75) is 58.9 Å². The summed E-state index contributed by atoms with van der Waals surface area (Å²) in [5, 5.41) is 6.23. The predicted octanol–water partition coefficient (Wildman–Crippen LogP) is 4.60. The second kappa shape index (κ2) is 14.0. The number of Topliss-reactive ketones (excluding diaryl/α,β-unsaturated/α-hetero) is 2. The normalized spacial score (nSPS) is 13.5. The molecular weight excluding hydrogens is 484 g/mol. The molecule has 8 nitrogen and oxygen atoms in total. The SMILES string of the molecule is COc1ccc(C(=O)CCCCCC(=O)N[C@H](CNCC(C)(C)C)C(=O)c2ccc3c(c2)OCCO3)cc1. The van der Waals surface area contributed by atoms with E-state index in [1.807, 2.05) is 0 Å². The minimum absolute atomic E-state index is 0.0395. The quantitative estimate of drug-likeness (QED) is 0.275. The molecule has 0 spiro atoms. The fraction of sp³-hybridized carbons (Fsp3) is 0.500. The second-order valence-corrected chi connectivity index (χ2v) is 10.7. The number of hydrogen-bond acceptors (Lipinski definition) is 7. The van der Waals surface area contributed by atoms with E-state index in [9.17, 15) is 14.4 Å². The molecule has 2 N–H and O–H groups in total. The van der Waals surface area contributed by atoms with Crippen LogP contribution in [0.1, 0.15) is 73.6 Å². The molecular formula is C30H40N2O6. The van der Waals surface area contributed by atoms with Crippen molar-refractivity contribution in [3.8, 4) is 17.2 Å². The highest BCUT2D eigenvalue weighted by atomic mass is 16.6. The van der Waals surface area contributed by atoms with Crippen molar-refractivity contribution in [3.63, 3.8) is 0 Å². The zero-order valence-corrected chi connectivity index (χ0v) is 22.9. The number of amides is 1. The minimum Gasteiger partial charge on any atom is -0.497 e. The number of unbranched alkanes of at least 4 members (excludes halogenated alkanes) is 2. The van der Waals surface area contributed by atoms with Gasteiger partial charge in [0.1, 0.15) is 25.0 Å². The number of hydrogen-bond donors (Lipinski definition) is 2. The summed E-state index contributed by atoms with van der Waals surface area (Å²) < 4.78 is 16.3. The van der Waals surface area contributed by atoms with Crippen molar-refractivity contribution in [3.05, 3.63) is 53.6 Å². The molecule has 0 bridgehead atoms. The van der Waals surface area contributed by atoms with E-state index in [1.54, 1.807) is 49.6 Å². The molecule has 3 rings (SSSR count). The van der Waals surface area contributed by atoms with Crippen LogP contribution in [0, 0.1) is 5.41 Å². The summed E-state index contributed by atoms with van der Waals surface area (Å²) in [6.45, 7) is 8.26. The van der Waals surface area contributed by atoms with E-state index in [-0.39, 0.29) is 22.9 Å². The Hall–Kier alpha value is -3.39. The van der Waals surface area contributed by atoms with Crippen LogP contribution in [0.5, 0.6) is 17.2 Å². The lowest BCUT2D eigenvalue weighted by Crippen LogP contribution is -2.48. The van der Waals surface area contributed by atoms with Gasteiger partial charge in [-0.1, -0.05) is 27.2 Å². The van der Waals surface area contributed by atoms with Crippen LogP contribution in [0.25, 0.3) is 0 Å². The molecule has 0 fully saturated rings. The number of rotatable bonds is 14. The Morgan fingerprint density at radius 3 is 2.24 bits per heavy atom. The van der Waals surface area contributed by atoms with Gasteiger partial charge in [0.05, 0.1) is 7.11 Å². The number of fused-ring (bicyclic) bond motifs is 1. The molecule has 0 aliphatic carbocycles.